The summed E-state index contributed by atoms with van der Waals surface area (Å²) in [5, 5.41) is 0. The molecule has 15 heavy (non-hydrogen) atoms. The van der Waals surface area contributed by atoms with Crippen molar-refractivity contribution in [2.24, 2.45) is 5.73 Å². The molecule has 0 fully saturated rings. The summed E-state index contributed by atoms with van der Waals surface area (Å²) in [6, 6.07) is 8.68. The molecular formula is C11H13NO3. The number of aldehydes is 1. The lowest BCUT2D eigenvalue weighted by Crippen LogP contribution is -2.34. The Morgan fingerprint density at radius 1 is 1.40 bits per heavy atom. The summed E-state index contributed by atoms with van der Waals surface area (Å²) in [4.78, 5) is 21.2. The molecule has 2 N–H and O–H groups in total. The number of hydrogen-bond donors (Lipinski definition) is 1. The average Bonchev–Trinajstić information content (AvgIpc) is 2.27. The van der Waals surface area contributed by atoms with Crippen molar-refractivity contribution in [1.29, 1.82) is 0 Å². The van der Waals surface area contributed by atoms with Crippen LogP contribution in [0.5, 0.6) is 0 Å². The van der Waals surface area contributed by atoms with Crippen LogP contribution >= 0.6 is 0 Å². The highest BCUT2D eigenvalue weighted by Gasteiger charge is 2.14. The molecule has 4 heteroatoms. The molecule has 0 aliphatic rings. The molecule has 0 aliphatic heterocycles. The van der Waals surface area contributed by atoms with E-state index in [1.807, 2.05) is 30.3 Å². The Hall–Kier alpha value is -1.68. The van der Waals surface area contributed by atoms with Crippen molar-refractivity contribution >= 4 is 12.3 Å². The second-order valence-corrected chi connectivity index (χ2v) is 3.09. The summed E-state index contributed by atoms with van der Waals surface area (Å²) in [5.41, 5.74) is 6.57. The first-order valence-electron chi connectivity index (χ1n) is 4.64. The van der Waals surface area contributed by atoms with Gasteiger partial charge in [0.2, 0.25) is 0 Å². The van der Waals surface area contributed by atoms with E-state index >= 15 is 0 Å². The molecule has 0 amide bonds. The predicted molar refractivity (Wildman–Crippen MR) is 55.1 cm³/mol. The molecular weight excluding hydrogens is 194 g/mol. The van der Waals surface area contributed by atoms with Gasteiger partial charge in [-0.3, -0.25) is 9.59 Å². The first-order valence-corrected chi connectivity index (χ1v) is 4.64. The Balaban J connectivity index is 2.45. The van der Waals surface area contributed by atoms with Crippen molar-refractivity contribution < 1.29 is 14.3 Å². The van der Waals surface area contributed by atoms with Gasteiger partial charge < -0.3 is 10.5 Å². The number of carbonyl (C=O) groups excluding carboxylic acids is 2. The quantitative estimate of drug-likeness (QED) is 0.557. The molecule has 0 aliphatic carbocycles. The summed E-state index contributed by atoms with van der Waals surface area (Å²) in [6.45, 7) is -0.235. The lowest BCUT2D eigenvalue weighted by molar-refractivity contribution is -0.147. The topological polar surface area (TPSA) is 69.4 Å². The average molecular weight is 207 g/mol. The SMILES string of the molecule is N[C@@H](Cc1ccccc1)C(=O)OCC=O. The van der Waals surface area contributed by atoms with Gasteiger partial charge in [-0.15, -0.1) is 0 Å². The van der Waals surface area contributed by atoms with Crippen molar-refractivity contribution in [3.8, 4) is 0 Å². The zero-order valence-corrected chi connectivity index (χ0v) is 8.26. The van der Waals surface area contributed by atoms with Crippen LogP contribution in [-0.2, 0) is 20.7 Å². The highest BCUT2D eigenvalue weighted by Crippen LogP contribution is 2.02. The summed E-state index contributed by atoms with van der Waals surface area (Å²) >= 11 is 0. The fraction of sp³-hybridized carbons (Fsp3) is 0.273. The van der Waals surface area contributed by atoms with E-state index in [0.717, 1.165) is 5.56 Å². The Kier molecular flexibility index (Phi) is 4.50. The Labute approximate surface area is 88.0 Å². The molecule has 1 rings (SSSR count). The maximum absolute atomic E-state index is 11.2. The van der Waals surface area contributed by atoms with Crippen LogP contribution in [0.2, 0.25) is 0 Å². The number of esters is 1. The van der Waals surface area contributed by atoms with Gasteiger partial charge in [0.05, 0.1) is 0 Å². The van der Waals surface area contributed by atoms with Crippen LogP contribution in [0.25, 0.3) is 0 Å². The van der Waals surface area contributed by atoms with Gasteiger partial charge in [0, 0.05) is 0 Å². The van der Waals surface area contributed by atoms with Crippen molar-refractivity contribution in [3.63, 3.8) is 0 Å². The minimum atomic E-state index is -0.715. The first kappa shape index (κ1) is 11.4. The summed E-state index contributed by atoms with van der Waals surface area (Å²) in [5.74, 6) is -0.550. The van der Waals surface area contributed by atoms with Crippen molar-refractivity contribution in [3.05, 3.63) is 35.9 Å². The Bertz CT molecular complexity index is 324. The molecule has 80 valence electrons. The number of benzene rings is 1. The maximum Gasteiger partial charge on any atom is 0.323 e. The van der Waals surface area contributed by atoms with Gasteiger partial charge in [-0.1, -0.05) is 30.3 Å². The largest absolute Gasteiger partial charge is 0.457 e. The Morgan fingerprint density at radius 2 is 2.07 bits per heavy atom. The van der Waals surface area contributed by atoms with Gasteiger partial charge in [0.25, 0.3) is 0 Å². The van der Waals surface area contributed by atoms with E-state index in [0.29, 0.717) is 12.7 Å². The van der Waals surface area contributed by atoms with Gasteiger partial charge in [0.15, 0.2) is 6.29 Å². The number of ether oxygens (including phenoxy) is 1. The normalized spacial score (nSPS) is 11.8. The molecule has 0 bridgehead atoms. The van der Waals surface area contributed by atoms with E-state index in [9.17, 15) is 9.59 Å². The van der Waals surface area contributed by atoms with Gasteiger partial charge in [-0.05, 0) is 12.0 Å². The number of hydrogen-bond acceptors (Lipinski definition) is 4. The summed E-state index contributed by atoms with van der Waals surface area (Å²) < 4.78 is 4.59. The van der Waals surface area contributed by atoms with Crippen molar-refractivity contribution in [2.75, 3.05) is 6.61 Å². The van der Waals surface area contributed by atoms with Crippen LogP contribution in [0.1, 0.15) is 5.56 Å². The van der Waals surface area contributed by atoms with Gasteiger partial charge in [0.1, 0.15) is 12.6 Å². The molecule has 0 saturated carbocycles. The molecule has 0 radical (unpaired) electrons. The van der Waals surface area contributed by atoms with Crippen LogP contribution in [0.15, 0.2) is 30.3 Å². The van der Waals surface area contributed by atoms with Crippen LogP contribution in [-0.4, -0.2) is 24.9 Å². The maximum atomic E-state index is 11.2. The van der Waals surface area contributed by atoms with E-state index < -0.39 is 12.0 Å². The zero-order valence-electron chi connectivity index (χ0n) is 8.26. The van der Waals surface area contributed by atoms with E-state index in [1.54, 1.807) is 0 Å². The third-order valence-electron chi connectivity index (χ3n) is 1.89. The first-order chi connectivity index (χ1) is 7.24. The lowest BCUT2D eigenvalue weighted by atomic mass is 10.1. The predicted octanol–water partition coefficient (Wildman–Crippen LogP) is 0.298. The molecule has 0 saturated heterocycles. The number of carbonyl (C=O) groups is 2. The van der Waals surface area contributed by atoms with Gasteiger partial charge in [-0.25, -0.2) is 0 Å². The smallest absolute Gasteiger partial charge is 0.323 e. The molecule has 0 aromatic heterocycles. The van der Waals surface area contributed by atoms with Crippen LogP contribution in [0.3, 0.4) is 0 Å². The van der Waals surface area contributed by atoms with Crippen LogP contribution < -0.4 is 5.73 Å². The fourth-order valence-corrected chi connectivity index (χ4v) is 1.17. The molecule has 0 heterocycles. The van der Waals surface area contributed by atoms with Crippen LogP contribution in [0.4, 0.5) is 0 Å². The summed E-state index contributed by atoms with van der Waals surface area (Å²) in [7, 11) is 0. The zero-order chi connectivity index (χ0) is 11.1. The van der Waals surface area contributed by atoms with Crippen molar-refractivity contribution in [2.45, 2.75) is 12.5 Å². The second-order valence-electron chi connectivity index (χ2n) is 3.09. The number of rotatable bonds is 5. The monoisotopic (exact) mass is 207 g/mol. The number of nitrogens with two attached hydrogens (primary N) is 1. The van der Waals surface area contributed by atoms with Crippen molar-refractivity contribution in [1.82, 2.24) is 0 Å². The van der Waals surface area contributed by atoms with Gasteiger partial charge >= 0.3 is 5.97 Å². The minimum Gasteiger partial charge on any atom is -0.457 e. The fourth-order valence-electron chi connectivity index (χ4n) is 1.17. The van der Waals surface area contributed by atoms with Gasteiger partial charge in [-0.2, -0.15) is 0 Å². The van der Waals surface area contributed by atoms with E-state index in [1.165, 1.54) is 0 Å². The van der Waals surface area contributed by atoms with E-state index in [2.05, 4.69) is 4.74 Å². The summed E-state index contributed by atoms with van der Waals surface area (Å²) in [6.07, 6.45) is 0.936. The molecule has 1 aromatic rings. The molecule has 1 atom stereocenters. The molecule has 0 spiro atoms. The highest BCUT2D eigenvalue weighted by atomic mass is 16.5. The molecule has 1 aromatic carbocycles. The minimum absolute atomic E-state index is 0.235. The second kappa shape index (κ2) is 5.93. The van der Waals surface area contributed by atoms with E-state index in [-0.39, 0.29) is 6.61 Å². The van der Waals surface area contributed by atoms with E-state index in [4.69, 9.17) is 5.73 Å². The molecule has 4 nitrogen and oxygen atoms in total. The highest BCUT2D eigenvalue weighted by molar-refractivity contribution is 5.77. The molecule has 0 unspecified atom stereocenters. The third kappa shape index (κ3) is 3.91. The van der Waals surface area contributed by atoms with Crippen LogP contribution in [0, 0.1) is 0 Å². The standard InChI is InChI=1S/C11H13NO3/c12-10(11(14)15-7-6-13)8-9-4-2-1-3-5-9/h1-6,10H,7-8,12H2/t10-/m0/s1. The lowest BCUT2D eigenvalue weighted by Gasteiger charge is -2.09. The Morgan fingerprint density at radius 3 is 2.67 bits per heavy atom. The third-order valence-corrected chi connectivity index (χ3v) is 1.89.